The second kappa shape index (κ2) is 5.40. The summed E-state index contributed by atoms with van der Waals surface area (Å²) in [6.45, 7) is 1.89. The van der Waals surface area contributed by atoms with Crippen LogP contribution in [-0.4, -0.2) is 4.98 Å². The number of hydrogen-bond donors (Lipinski definition) is 1. The molecule has 0 spiro atoms. The number of para-hydroxylation sites is 1. The lowest BCUT2D eigenvalue weighted by molar-refractivity contribution is 0.290. The van der Waals surface area contributed by atoms with Crippen molar-refractivity contribution in [3.63, 3.8) is 0 Å². The molecule has 0 unspecified atom stereocenters. The first-order valence-electron chi connectivity index (χ1n) is 6.67. The molecule has 0 aliphatic heterocycles. The van der Waals surface area contributed by atoms with E-state index in [-0.39, 0.29) is 18.2 Å². The van der Waals surface area contributed by atoms with E-state index in [0.29, 0.717) is 11.4 Å². The SMILES string of the molecule is Cc1cccc(OCc2cc3ccccc3nc2N)c1F. The molecule has 4 heteroatoms. The molecule has 3 aromatic rings. The fourth-order valence-corrected chi connectivity index (χ4v) is 2.18. The largest absolute Gasteiger partial charge is 0.486 e. The molecular formula is C17H15FN2O. The Morgan fingerprint density at radius 2 is 1.95 bits per heavy atom. The summed E-state index contributed by atoms with van der Waals surface area (Å²) < 4.78 is 19.4. The van der Waals surface area contributed by atoms with Crippen LogP contribution in [0.5, 0.6) is 5.75 Å². The highest BCUT2D eigenvalue weighted by molar-refractivity contribution is 5.81. The van der Waals surface area contributed by atoms with Gasteiger partial charge in [0.1, 0.15) is 12.4 Å². The average molecular weight is 282 g/mol. The Kier molecular flexibility index (Phi) is 3.44. The average Bonchev–Trinajstić information content (AvgIpc) is 2.49. The summed E-state index contributed by atoms with van der Waals surface area (Å²) in [6.07, 6.45) is 0. The molecule has 106 valence electrons. The number of nitrogen functional groups attached to an aromatic ring is 1. The summed E-state index contributed by atoms with van der Waals surface area (Å²) in [7, 11) is 0. The van der Waals surface area contributed by atoms with Crippen molar-refractivity contribution < 1.29 is 9.13 Å². The minimum atomic E-state index is -0.343. The standard InChI is InChI=1S/C17H15FN2O/c1-11-5-4-8-15(16(11)18)21-10-13-9-12-6-2-3-7-14(12)20-17(13)19/h2-9H,10H2,1H3,(H2,19,20). The van der Waals surface area contributed by atoms with Gasteiger partial charge in [-0.05, 0) is 30.7 Å². The number of rotatable bonds is 3. The maximum absolute atomic E-state index is 13.9. The molecule has 2 aromatic carbocycles. The van der Waals surface area contributed by atoms with E-state index in [9.17, 15) is 4.39 Å². The molecule has 0 amide bonds. The van der Waals surface area contributed by atoms with Crippen molar-refractivity contribution in [2.75, 3.05) is 5.73 Å². The number of nitrogens with two attached hydrogens (primary N) is 1. The van der Waals surface area contributed by atoms with Gasteiger partial charge >= 0.3 is 0 Å². The van der Waals surface area contributed by atoms with Crippen molar-refractivity contribution in [2.45, 2.75) is 13.5 Å². The van der Waals surface area contributed by atoms with Crippen LogP contribution in [-0.2, 0) is 6.61 Å². The highest BCUT2D eigenvalue weighted by Crippen LogP contribution is 2.23. The predicted octanol–water partition coefficient (Wildman–Crippen LogP) is 3.84. The third-order valence-electron chi connectivity index (χ3n) is 3.38. The van der Waals surface area contributed by atoms with Crippen LogP contribution in [0.4, 0.5) is 10.2 Å². The molecule has 1 aromatic heterocycles. The normalized spacial score (nSPS) is 10.8. The Bertz CT molecular complexity index is 802. The highest BCUT2D eigenvalue weighted by Gasteiger charge is 2.08. The summed E-state index contributed by atoms with van der Waals surface area (Å²) in [4.78, 5) is 4.33. The molecule has 0 saturated heterocycles. The number of benzene rings is 2. The van der Waals surface area contributed by atoms with Crippen molar-refractivity contribution >= 4 is 16.7 Å². The van der Waals surface area contributed by atoms with Crippen LogP contribution >= 0.6 is 0 Å². The van der Waals surface area contributed by atoms with E-state index in [1.54, 1.807) is 25.1 Å². The Labute approximate surface area is 122 Å². The molecule has 0 aliphatic rings. The van der Waals surface area contributed by atoms with E-state index < -0.39 is 0 Å². The van der Waals surface area contributed by atoms with Crippen LogP contribution in [0.15, 0.2) is 48.5 Å². The molecule has 1 heterocycles. The lowest BCUT2D eigenvalue weighted by Crippen LogP contribution is -2.04. The number of anilines is 1. The first kappa shape index (κ1) is 13.4. The maximum Gasteiger partial charge on any atom is 0.167 e. The summed E-state index contributed by atoms with van der Waals surface area (Å²) in [5.74, 6) is 0.286. The monoisotopic (exact) mass is 282 g/mol. The van der Waals surface area contributed by atoms with Crippen molar-refractivity contribution in [1.82, 2.24) is 4.98 Å². The van der Waals surface area contributed by atoms with Crippen molar-refractivity contribution in [3.8, 4) is 5.75 Å². The summed E-state index contributed by atoms with van der Waals surface area (Å²) in [5, 5.41) is 0.981. The molecule has 21 heavy (non-hydrogen) atoms. The van der Waals surface area contributed by atoms with E-state index in [1.165, 1.54) is 0 Å². The van der Waals surface area contributed by atoms with E-state index in [1.807, 2.05) is 30.3 Å². The van der Waals surface area contributed by atoms with Gasteiger partial charge in [-0.25, -0.2) is 9.37 Å². The molecule has 3 nitrogen and oxygen atoms in total. The first-order valence-corrected chi connectivity index (χ1v) is 6.67. The van der Waals surface area contributed by atoms with Gasteiger partial charge in [0.2, 0.25) is 0 Å². The summed E-state index contributed by atoms with van der Waals surface area (Å²) in [6, 6.07) is 14.7. The van der Waals surface area contributed by atoms with E-state index >= 15 is 0 Å². The number of pyridine rings is 1. The third-order valence-corrected chi connectivity index (χ3v) is 3.38. The van der Waals surface area contributed by atoms with Gasteiger partial charge in [-0.15, -0.1) is 0 Å². The minimum absolute atomic E-state index is 0.185. The van der Waals surface area contributed by atoms with E-state index in [4.69, 9.17) is 10.5 Å². The van der Waals surface area contributed by atoms with Gasteiger partial charge in [0.25, 0.3) is 0 Å². The summed E-state index contributed by atoms with van der Waals surface area (Å²) >= 11 is 0. The van der Waals surface area contributed by atoms with Crippen LogP contribution in [0, 0.1) is 12.7 Å². The molecule has 3 rings (SSSR count). The zero-order valence-corrected chi connectivity index (χ0v) is 11.6. The molecular weight excluding hydrogens is 267 g/mol. The van der Waals surface area contributed by atoms with Crippen LogP contribution in [0.1, 0.15) is 11.1 Å². The van der Waals surface area contributed by atoms with Gasteiger partial charge in [0, 0.05) is 10.9 Å². The Hall–Kier alpha value is -2.62. The second-order valence-electron chi connectivity index (χ2n) is 4.90. The van der Waals surface area contributed by atoms with Crippen molar-refractivity contribution in [3.05, 3.63) is 65.5 Å². The van der Waals surface area contributed by atoms with Gasteiger partial charge in [-0.3, -0.25) is 0 Å². The number of fused-ring (bicyclic) bond motifs is 1. The van der Waals surface area contributed by atoms with Gasteiger partial charge in [-0.1, -0.05) is 30.3 Å². The first-order chi connectivity index (χ1) is 10.1. The zero-order valence-electron chi connectivity index (χ0n) is 11.6. The van der Waals surface area contributed by atoms with Crippen LogP contribution in [0.25, 0.3) is 10.9 Å². The molecule has 0 fully saturated rings. The molecule has 0 aliphatic carbocycles. The van der Waals surface area contributed by atoms with Crippen LogP contribution in [0.3, 0.4) is 0 Å². The van der Waals surface area contributed by atoms with Gasteiger partial charge < -0.3 is 10.5 Å². The molecule has 0 atom stereocenters. The predicted molar refractivity (Wildman–Crippen MR) is 81.6 cm³/mol. The lowest BCUT2D eigenvalue weighted by atomic mass is 10.1. The quantitative estimate of drug-likeness (QED) is 0.794. The molecule has 2 N–H and O–H groups in total. The fraction of sp³-hybridized carbons (Fsp3) is 0.118. The second-order valence-corrected chi connectivity index (χ2v) is 4.90. The number of aryl methyl sites for hydroxylation is 1. The molecule has 0 saturated carbocycles. The number of aromatic nitrogens is 1. The van der Waals surface area contributed by atoms with Crippen molar-refractivity contribution in [1.29, 1.82) is 0 Å². The number of hydrogen-bond acceptors (Lipinski definition) is 3. The fourth-order valence-electron chi connectivity index (χ4n) is 2.18. The maximum atomic E-state index is 13.9. The van der Waals surface area contributed by atoms with E-state index in [0.717, 1.165) is 16.5 Å². The Balaban J connectivity index is 1.88. The third kappa shape index (κ3) is 2.65. The molecule has 0 radical (unpaired) electrons. The number of halogens is 1. The van der Waals surface area contributed by atoms with Crippen LogP contribution in [0.2, 0.25) is 0 Å². The minimum Gasteiger partial charge on any atom is -0.486 e. The van der Waals surface area contributed by atoms with Gasteiger partial charge in [0.05, 0.1) is 5.52 Å². The van der Waals surface area contributed by atoms with Crippen LogP contribution < -0.4 is 10.5 Å². The highest BCUT2D eigenvalue weighted by atomic mass is 19.1. The van der Waals surface area contributed by atoms with Gasteiger partial charge in [-0.2, -0.15) is 0 Å². The molecule has 0 bridgehead atoms. The Morgan fingerprint density at radius 3 is 2.81 bits per heavy atom. The van der Waals surface area contributed by atoms with Crippen molar-refractivity contribution in [2.24, 2.45) is 0 Å². The Morgan fingerprint density at radius 1 is 1.14 bits per heavy atom. The number of nitrogens with zero attached hydrogens (tertiary/aromatic N) is 1. The van der Waals surface area contributed by atoms with E-state index in [2.05, 4.69) is 4.98 Å². The zero-order chi connectivity index (χ0) is 14.8. The topological polar surface area (TPSA) is 48.1 Å². The summed E-state index contributed by atoms with van der Waals surface area (Å²) in [5.41, 5.74) is 8.07. The number of ether oxygens (including phenoxy) is 1. The smallest absolute Gasteiger partial charge is 0.167 e. The van der Waals surface area contributed by atoms with Gasteiger partial charge in [0.15, 0.2) is 11.6 Å². The lowest BCUT2D eigenvalue weighted by Gasteiger charge is -2.11.